The van der Waals surface area contributed by atoms with Gasteiger partial charge in [-0.1, -0.05) is 30.3 Å². The van der Waals surface area contributed by atoms with E-state index >= 15 is 0 Å². The number of benzene rings is 2. The van der Waals surface area contributed by atoms with Crippen LogP contribution in [0.2, 0.25) is 0 Å². The summed E-state index contributed by atoms with van der Waals surface area (Å²) < 4.78 is 0. The Morgan fingerprint density at radius 3 is 1.78 bits per heavy atom. The topological polar surface area (TPSA) is 177 Å². The van der Waals surface area contributed by atoms with Gasteiger partial charge < -0.3 is 21.7 Å². The summed E-state index contributed by atoms with van der Waals surface area (Å²) in [5.74, 6) is -1.51. The minimum Gasteiger partial charge on any atom is -0.502 e. The zero-order valence-electron chi connectivity index (χ0n) is 11.9. The van der Waals surface area contributed by atoms with E-state index in [1.807, 2.05) is 0 Å². The van der Waals surface area contributed by atoms with Crippen molar-refractivity contribution in [2.45, 2.75) is 0 Å². The monoisotopic (exact) mass is 320 g/mol. The number of para-hydroxylation sites is 2. The highest BCUT2D eigenvalue weighted by Crippen LogP contribution is 2.23. The van der Waals surface area contributed by atoms with Crippen molar-refractivity contribution in [3.63, 3.8) is 0 Å². The molecule has 0 bridgehead atoms. The molecular formula is C14H16N4O5. The van der Waals surface area contributed by atoms with E-state index in [0.29, 0.717) is 5.56 Å². The first-order valence-electron chi connectivity index (χ1n) is 6.06. The molecule has 122 valence electrons. The molecule has 0 aliphatic carbocycles. The summed E-state index contributed by atoms with van der Waals surface area (Å²) in [7, 11) is 0. The molecule has 0 saturated carbocycles. The summed E-state index contributed by atoms with van der Waals surface area (Å²) in [6.07, 6.45) is 0. The Labute approximate surface area is 131 Å². The van der Waals surface area contributed by atoms with Crippen molar-refractivity contribution in [1.29, 1.82) is 5.41 Å². The third kappa shape index (κ3) is 9.02. The molecule has 0 aliphatic rings. The number of hydrogen-bond donors (Lipinski definition) is 5. The van der Waals surface area contributed by atoms with Crippen LogP contribution in [-0.4, -0.2) is 27.1 Å². The number of nitrogens with zero attached hydrogens (tertiary/aromatic N) is 1. The second-order valence-corrected chi connectivity index (χ2v) is 3.87. The van der Waals surface area contributed by atoms with Crippen LogP contribution in [0.5, 0.6) is 5.75 Å². The van der Waals surface area contributed by atoms with E-state index in [9.17, 15) is 14.9 Å². The maximum Gasteiger partial charge on any atom is 0.335 e. The van der Waals surface area contributed by atoms with Crippen LogP contribution in [0.15, 0.2) is 54.6 Å². The molecule has 0 saturated heterocycles. The molecule has 0 atom stereocenters. The number of aromatic hydroxyl groups is 1. The number of guanidine groups is 1. The van der Waals surface area contributed by atoms with Crippen LogP contribution in [0.25, 0.3) is 0 Å². The molecule has 23 heavy (non-hydrogen) atoms. The van der Waals surface area contributed by atoms with Crippen molar-refractivity contribution in [3.8, 4) is 5.75 Å². The van der Waals surface area contributed by atoms with Crippen LogP contribution in [0.3, 0.4) is 0 Å². The van der Waals surface area contributed by atoms with Gasteiger partial charge in [-0.15, -0.1) is 0 Å². The normalized spacial score (nSPS) is 8.52. The van der Waals surface area contributed by atoms with Gasteiger partial charge in [0, 0.05) is 6.07 Å². The molecule has 2 rings (SSSR count). The van der Waals surface area contributed by atoms with Gasteiger partial charge in [0.15, 0.2) is 11.7 Å². The van der Waals surface area contributed by atoms with Crippen LogP contribution in [0.1, 0.15) is 10.4 Å². The molecule has 9 nitrogen and oxygen atoms in total. The lowest BCUT2D eigenvalue weighted by Crippen LogP contribution is -2.20. The number of carboxylic acids is 1. The molecule has 2 aromatic carbocycles. The van der Waals surface area contributed by atoms with Crippen LogP contribution < -0.4 is 11.5 Å². The van der Waals surface area contributed by atoms with Gasteiger partial charge in [-0.2, -0.15) is 0 Å². The van der Waals surface area contributed by atoms with Crippen molar-refractivity contribution in [3.05, 3.63) is 70.3 Å². The lowest BCUT2D eigenvalue weighted by Gasteiger charge is -1.91. The Morgan fingerprint density at radius 2 is 1.48 bits per heavy atom. The highest BCUT2D eigenvalue weighted by molar-refractivity contribution is 5.87. The first kappa shape index (κ1) is 19.4. The Bertz CT molecular complexity index is 657. The number of aromatic carboxylic acids is 1. The van der Waals surface area contributed by atoms with E-state index in [1.165, 1.54) is 24.3 Å². The summed E-state index contributed by atoms with van der Waals surface area (Å²) in [5, 5.41) is 33.3. The minimum atomic E-state index is -0.879. The predicted octanol–water partition coefficient (Wildman–Crippen LogP) is 1.52. The minimum absolute atomic E-state index is 0.262. The molecule has 0 unspecified atom stereocenters. The molecule has 0 aromatic heterocycles. The number of carbonyl (C=O) groups is 1. The van der Waals surface area contributed by atoms with Crippen LogP contribution in [-0.2, 0) is 0 Å². The first-order valence-corrected chi connectivity index (χ1v) is 6.06. The highest BCUT2D eigenvalue weighted by Gasteiger charge is 2.09. The van der Waals surface area contributed by atoms with Crippen molar-refractivity contribution >= 4 is 17.6 Å². The molecule has 0 fully saturated rings. The number of nitrogens with two attached hydrogens (primary N) is 2. The molecule has 0 spiro atoms. The lowest BCUT2D eigenvalue weighted by atomic mass is 10.2. The van der Waals surface area contributed by atoms with Gasteiger partial charge in [-0.3, -0.25) is 15.5 Å². The number of phenolic OH excluding ortho intramolecular Hbond substituents is 1. The summed E-state index contributed by atoms with van der Waals surface area (Å²) in [4.78, 5) is 19.6. The van der Waals surface area contributed by atoms with Gasteiger partial charge in [0.2, 0.25) is 0 Å². The van der Waals surface area contributed by atoms with Crippen molar-refractivity contribution < 1.29 is 19.9 Å². The molecule has 0 aliphatic heterocycles. The van der Waals surface area contributed by atoms with Crippen molar-refractivity contribution in [1.82, 2.24) is 0 Å². The number of phenols is 1. The van der Waals surface area contributed by atoms with E-state index in [0.717, 1.165) is 0 Å². The smallest absolute Gasteiger partial charge is 0.335 e. The van der Waals surface area contributed by atoms with Gasteiger partial charge in [-0.25, -0.2) is 4.79 Å². The Kier molecular flexibility index (Phi) is 8.56. The van der Waals surface area contributed by atoms with Crippen molar-refractivity contribution in [2.24, 2.45) is 11.5 Å². The number of rotatable bonds is 2. The second kappa shape index (κ2) is 10.2. The maximum atomic E-state index is 10.2. The van der Waals surface area contributed by atoms with E-state index in [2.05, 4.69) is 11.5 Å². The molecule has 7 N–H and O–H groups in total. The average Bonchev–Trinajstić information content (AvgIpc) is 2.48. The van der Waals surface area contributed by atoms with Gasteiger partial charge in [0.1, 0.15) is 0 Å². The molecule has 9 heteroatoms. The summed E-state index contributed by atoms with van der Waals surface area (Å²) in [6, 6.07) is 13.8. The fraction of sp³-hybridized carbons (Fsp3) is 0. The summed E-state index contributed by atoms with van der Waals surface area (Å²) in [6.45, 7) is 0. The van der Waals surface area contributed by atoms with Gasteiger partial charge in [0.05, 0.1) is 10.5 Å². The summed E-state index contributed by atoms with van der Waals surface area (Å²) in [5.41, 5.74) is 9.01. The summed E-state index contributed by atoms with van der Waals surface area (Å²) >= 11 is 0. The van der Waals surface area contributed by atoms with E-state index < -0.39 is 10.9 Å². The van der Waals surface area contributed by atoms with Gasteiger partial charge in [-0.05, 0) is 18.2 Å². The first-order chi connectivity index (χ1) is 10.8. The Hall–Kier alpha value is -3.62. The molecule has 2 aromatic rings. The zero-order chi connectivity index (χ0) is 17.8. The van der Waals surface area contributed by atoms with Crippen LogP contribution >= 0.6 is 0 Å². The molecule has 0 amide bonds. The fourth-order valence-corrected chi connectivity index (χ4v) is 1.20. The van der Waals surface area contributed by atoms with Crippen LogP contribution in [0.4, 0.5) is 5.69 Å². The number of nitrogens with one attached hydrogen (secondary N) is 1. The molecular weight excluding hydrogens is 304 g/mol. The lowest BCUT2D eigenvalue weighted by molar-refractivity contribution is -0.385. The van der Waals surface area contributed by atoms with Gasteiger partial charge in [0.25, 0.3) is 0 Å². The quantitative estimate of drug-likeness (QED) is 0.241. The Balaban J connectivity index is 0.000000345. The molecule has 0 heterocycles. The third-order valence-electron chi connectivity index (χ3n) is 2.10. The molecule has 0 radical (unpaired) electrons. The standard InChI is InChI=1S/C7H6O2.C6H5NO3.CH5N3/c8-7(9)6-4-2-1-3-5-6;8-6-4-2-1-3-5(6)7(9)10;2-1(3)4/h1-5H,(H,8,9);1-4,8H;(H5,2,3,4). The van der Waals surface area contributed by atoms with E-state index in [4.69, 9.17) is 15.6 Å². The SMILES string of the molecule is N=C(N)N.O=C(O)c1ccccc1.O=[N+]([O-])c1ccccc1O. The zero-order valence-corrected chi connectivity index (χ0v) is 11.9. The predicted molar refractivity (Wildman–Crippen MR) is 84.3 cm³/mol. The largest absolute Gasteiger partial charge is 0.502 e. The van der Waals surface area contributed by atoms with E-state index in [1.54, 1.807) is 30.3 Å². The highest BCUT2D eigenvalue weighted by atomic mass is 16.6. The van der Waals surface area contributed by atoms with Crippen LogP contribution in [0, 0.1) is 15.5 Å². The van der Waals surface area contributed by atoms with E-state index in [-0.39, 0.29) is 17.4 Å². The average molecular weight is 320 g/mol. The number of nitro benzene ring substituents is 1. The van der Waals surface area contributed by atoms with Gasteiger partial charge >= 0.3 is 11.7 Å². The maximum absolute atomic E-state index is 10.2. The third-order valence-corrected chi connectivity index (χ3v) is 2.10. The fourth-order valence-electron chi connectivity index (χ4n) is 1.20. The number of nitro groups is 1. The second-order valence-electron chi connectivity index (χ2n) is 3.87. The van der Waals surface area contributed by atoms with Crippen molar-refractivity contribution in [2.75, 3.05) is 0 Å². The number of hydrogen-bond acceptors (Lipinski definition) is 5. The Morgan fingerprint density at radius 1 is 1.04 bits per heavy atom. The number of carboxylic acid groups (broad SMARTS) is 1.